The number of piperidine rings is 1. The number of carbonyl (C=O) groups excluding carboxylic acids is 1. The molecular weight excluding hydrogens is 314 g/mol. The number of likely N-dealkylation sites (N-methyl/N-ethyl adjacent to an activating group) is 1. The molecule has 0 N–H and O–H groups in total. The predicted molar refractivity (Wildman–Crippen MR) is 97.6 cm³/mol. The molecule has 2 saturated heterocycles. The highest BCUT2D eigenvalue weighted by Crippen LogP contribution is 2.43. The number of ether oxygens (including phenoxy) is 1. The van der Waals surface area contributed by atoms with Crippen LogP contribution in [0, 0.1) is 11.3 Å². The molecule has 1 aromatic heterocycles. The van der Waals surface area contributed by atoms with Gasteiger partial charge in [0, 0.05) is 45.5 Å². The lowest BCUT2D eigenvalue weighted by Gasteiger charge is -2.39. The summed E-state index contributed by atoms with van der Waals surface area (Å²) < 4.78 is 7.88. The molecular formula is C20H31N3O2. The smallest absolute Gasteiger partial charge is 0.270 e. The largest absolute Gasteiger partial charge is 0.380 e. The number of hydrogen-bond donors (Lipinski definition) is 0. The first kappa shape index (κ1) is 17.1. The minimum absolute atomic E-state index is 0.179. The van der Waals surface area contributed by atoms with E-state index < -0.39 is 0 Å². The highest BCUT2D eigenvalue weighted by atomic mass is 16.5. The van der Waals surface area contributed by atoms with Crippen LogP contribution in [0.3, 0.4) is 0 Å². The monoisotopic (exact) mass is 345 g/mol. The van der Waals surface area contributed by atoms with E-state index in [4.69, 9.17) is 4.74 Å². The average Bonchev–Trinajstić information content (AvgIpc) is 3.24. The molecule has 0 radical (unpaired) electrons. The quantitative estimate of drug-likeness (QED) is 0.822. The normalized spacial score (nSPS) is 26.5. The van der Waals surface area contributed by atoms with Gasteiger partial charge in [0.25, 0.3) is 5.91 Å². The molecule has 25 heavy (non-hydrogen) atoms. The van der Waals surface area contributed by atoms with Gasteiger partial charge >= 0.3 is 0 Å². The summed E-state index contributed by atoms with van der Waals surface area (Å²) in [7, 11) is 4.18. The van der Waals surface area contributed by atoms with E-state index in [0.29, 0.717) is 11.5 Å². The van der Waals surface area contributed by atoms with Gasteiger partial charge in [0.2, 0.25) is 0 Å². The van der Waals surface area contributed by atoms with Crippen LogP contribution in [-0.2, 0) is 11.8 Å². The molecule has 1 amide bonds. The standard InChI is InChI=1S/C20H31N3O2/c1-21-9-3-4-18(21)19(24)23-10-7-20(8-11-23)12-17(22(2)15-20)14-25-13-16-5-6-16/h3-4,9,16-17H,5-8,10-15H2,1-2H3/t17-/m1/s1. The van der Waals surface area contributed by atoms with Gasteiger partial charge in [0.15, 0.2) is 0 Å². The van der Waals surface area contributed by atoms with Gasteiger partial charge in [-0.2, -0.15) is 0 Å². The molecule has 1 aliphatic carbocycles. The maximum atomic E-state index is 12.7. The van der Waals surface area contributed by atoms with Gasteiger partial charge in [-0.25, -0.2) is 0 Å². The van der Waals surface area contributed by atoms with Gasteiger partial charge in [-0.1, -0.05) is 0 Å². The summed E-state index contributed by atoms with van der Waals surface area (Å²) >= 11 is 0. The second kappa shape index (κ2) is 6.76. The third kappa shape index (κ3) is 3.63. The van der Waals surface area contributed by atoms with E-state index in [9.17, 15) is 4.79 Å². The number of carbonyl (C=O) groups is 1. The predicted octanol–water partition coefficient (Wildman–Crippen LogP) is 2.38. The van der Waals surface area contributed by atoms with E-state index in [1.165, 1.54) is 19.3 Å². The molecule has 1 aromatic rings. The van der Waals surface area contributed by atoms with Gasteiger partial charge in [0.05, 0.1) is 6.61 Å². The Morgan fingerprint density at radius 2 is 2.00 bits per heavy atom. The third-order valence-corrected chi connectivity index (χ3v) is 6.51. The molecule has 3 fully saturated rings. The van der Waals surface area contributed by atoms with Crippen molar-refractivity contribution >= 4 is 5.91 Å². The number of rotatable bonds is 5. The minimum atomic E-state index is 0.179. The van der Waals surface area contributed by atoms with E-state index >= 15 is 0 Å². The molecule has 0 unspecified atom stereocenters. The lowest BCUT2D eigenvalue weighted by molar-refractivity contribution is 0.0579. The summed E-state index contributed by atoms with van der Waals surface area (Å²) in [5, 5.41) is 0. The molecule has 4 rings (SSSR count). The van der Waals surface area contributed by atoms with E-state index in [0.717, 1.165) is 57.3 Å². The second-order valence-electron chi connectivity index (χ2n) is 8.55. The van der Waals surface area contributed by atoms with Crippen LogP contribution in [0.4, 0.5) is 0 Å². The number of aryl methyl sites for hydroxylation is 1. The molecule has 1 atom stereocenters. The zero-order valence-corrected chi connectivity index (χ0v) is 15.6. The Bertz CT molecular complexity index is 614. The van der Waals surface area contributed by atoms with Crippen molar-refractivity contribution in [2.75, 3.05) is 39.9 Å². The summed E-state index contributed by atoms with van der Waals surface area (Å²) in [6.07, 6.45) is 8.11. The van der Waals surface area contributed by atoms with Crippen LogP contribution in [0.2, 0.25) is 0 Å². The summed E-state index contributed by atoms with van der Waals surface area (Å²) in [5.74, 6) is 1.02. The van der Waals surface area contributed by atoms with E-state index in [1.54, 1.807) is 0 Å². The van der Waals surface area contributed by atoms with Gasteiger partial charge in [-0.05, 0) is 62.6 Å². The van der Waals surface area contributed by atoms with Gasteiger partial charge in [0.1, 0.15) is 5.69 Å². The van der Waals surface area contributed by atoms with Crippen LogP contribution in [0.5, 0.6) is 0 Å². The first-order chi connectivity index (χ1) is 12.1. The Balaban J connectivity index is 1.30. The summed E-state index contributed by atoms with van der Waals surface area (Å²) in [4.78, 5) is 17.2. The van der Waals surface area contributed by atoms with Crippen LogP contribution in [0.15, 0.2) is 18.3 Å². The Kier molecular flexibility index (Phi) is 4.63. The zero-order chi connectivity index (χ0) is 17.4. The zero-order valence-electron chi connectivity index (χ0n) is 15.6. The van der Waals surface area contributed by atoms with Crippen LogP contribution in [0.25, 0.3) is 0 Å². The first-order valence-electron chi connectivity index (χ1n) is 9.75. The van der Waals surface area contributed by atoms with Gasteiger partial charge in [-0.3, -0.25) is 4.79 Å². The lowest BCUT2D eigenvalue weighted by Crippen LogP contribution is -2.44. The molecule has 3 heterocycles. The highest BCUT2D eigenvalue weighted by Gasteiger charge is 2.45. The Labute approximate surface area is 150 Å². The topological polar surface area (TPSA) is 37.7 Å². The van der Waals surface area contributed by atoms with Crippen LogP contribution in [0.1, 0.15) is 42.6 Å². The maximum Gasteiger partial charge on any atom is 0.270 e. The molecule has 5 nitrogen and oxygen atoms in total. The lowest BCUT2D eigenvalue weighted by atomic mass is 9.76. The second-order valence-corrected chi connectivity index (χ2v) is 8.55. The Hall–Kier alpha value is -1.33. The molecule has 1 spiro atoms. The number of aromatic nitrogens is 1. The molecule has 0 bridgehead atoms. The molecule has 0 aromatic carbocycles. The fraction of sp³-hybridized carbons (Fsp3) is 0.750. The highest BCUT2D eigenvalue weighted by molar-refractivity contribution is 5.92. The fourth-order valence-electron chi connectivity index (χ4n) is 4.61. The molecule has 1 saturated carbocycles. The molecule has 5 heteroatoms. The van der Waals surface area contributed by atoms with E-state index in [2.05, 4.69) is 11.9 Å². The van der Waals surface area contributed by atoms with Crippen LogP contribution >= 0.6 is 0 Å². The van der Waals surface area contributed by atoms with Crippen molar-refractivity contribution in [2.24, 2.45) is 18.4 Å². The number of nitrogens with zero attached hydrogens (tertiary/aromatic N) is 3. The third-order valence-electron chi connectivity index (χ3n) is 6.51. The van der Waals surface area contributed by atoms with E-state index in [1.807, 2.05) is 34.8 Å². The fourth-order valence-corrected chi connectivity index (χ4v) is 4.61. The number of likely N-dealkylation sites (tertiary alicyclic amines) is 2. The van der Waals surface area contributed by atoms with Crippen LogP contribution in [-0.4, -0.2) is 66.2 Å². The van der Waals surface area contributed by atoms with Crippen molar-refractivity contribution in [3.63, 3.8) is 0 Å². The minimum Gasteiger partial charge on any atom is -0.380 e. The SMILES string of the molecule is CN1CC2(CCN(C(=O)c3cccn3C)CC2)C[C@@H]1COCC1CC1. The van der Waals surface area contributed by atoms with Crippen molar-refractivity contribution in [1.29, 1.82) is 0 Å². The Morgan fingerprint density at radius 3 is 2.64 bits per heavy atom. The van der Waals surface area contributed by atoms with Gasteiger partial charge in [-0.15, -0.1) is 0 Å². The van der Waals surface area contributed by atoms with Gasteiger partial charge < -0.3 is 19.1 Å². The van der Waals surface area contributed by atoms with Crippen molar-refractivity contribution in [2.45, 2.75) is 38.1 Å². The van der Waals surface area contributed by atoms with Crippen molar-refractivity contribution < 1.29 is 9.53 Å². The molecule has 138 valence electrons. The first-order valence-corrected chi connectivity index (χ1v) is 9.75. The number of amides is 1. The van der Waals surface area contributed by atoms with Crippen LogP contribution < -0.4 is 0 Å². The van der Waals surface area contributed by atoms with Crippen molar-refractivity contribution in [3.05, 3.63) is 24.0 Å². The average molecular weight is 345 g/mol. The summed E-state index contributed by atoms with van der Waals surface area (Å²) in [5.41, 5.74) is 1.18. The van der Waals surface area contributed by atoms with Crippen molar-refractivity contribution in [3.8, 4) is 0 Å². The van der Waals surface area contributed by atoms with Crippen molar-refractivity contribution in [1.82, 2.24) is 14.4 Å². The summed E-state index contributed by atoms with van der Waals surface area (Å²) in [6.45, 7) is 4.74. The van der Waals surface area contributed by atoms with E-state index in [-0.39, 0.29) is 5.91 Å². The molecule has 2 aliphatic heterocycles. The maximum absolute atomic E-state index is 12.7. The Morgan fingerprint density at radius 1 is 1.24 bits per heavy atom. The molecule has 3 aliphatic rings. The summed E-state index contributed by atoms with van der Waals surface area (Å²) in [6, 6.07) is 4.41. The number of hydrogen-bond acceptors (Lipinski definition) is 3.